The number of nitrogens with one attached hydrogen (secondary N) is 1. The van der Waals surface area contributed by atoms with Gasteiger partial charge in [-0.15, -0.1) is 0 Å². The number of aliphatic hydroxyl groups excluding tert-OH is 1. The maximum atomic E-state index is 12.5. The minimum absolute atomic E-state index is 0.0356. The molecule has 1 saturated heterocycles. The number of nitrogens with zero attached hydrogens (tertiary/aromatic N) is 3. The molecule has 0 aromatic carbocycles. The second-order valence-corrected chi connectivity index (χ2v) is 6.67. The van der Waals surface area contributed by atoms with E-state index in [1.54, 1.807) is 11.5 Å². The summed E-state index contributed by atoms with van der Waals surface area (Å²) in [5, 5.41) is 12.8. The second-order valence-electron chi connectivity index (χ2n) is 4.73. The van der Waals surface area contributed by atoms with Crippen LogP contribution in [0.15, 0.2) is 11.2 Å². The number of aryl methyl sites for hydroxylation is 2. The van der Waals surface area contributed by atoms with Gasteiger partial charge in [-0.2, -0.15) is 4.31 Å². The molecule has 1 fully saturated rings. The smallest absolute Gasteiger partial charge is 0.262 e. The van der Waals surface area contributed by atoms with E-state index in [0.29, 0.717) is 25.5 Å². The van der Waals surface area contributed by atoms with Crippen LogP contribution in [-0.4, -0.2) is 59.7 Å². The molecule has 0 spiro atoms. The van der Waals surface area contributed by atoms with Gasteiger partial charge in [0.05, 0.1) is 12.1 Å². The number of hydrogen-bond donors (Lipinski definition) is 2. The van der Waals surface area contributed by atoms with E-state index in [4.69, 9.17) is 0 Å². The van der Waals surface area contributed by atoms with Gasteiger partial charge in [0.1, 0.15) is 5.82 Å². The number of β-amino-alcohol motifs (C(OH)–C–C–N with tert-alkyl or cyclic N) is 1. The van der Waals surface area contributed by atoms with Crippen molar-refractivity contribution in [3.63, 3.8) is 0 Å². The first kappa shape index (κ1) is 14.4. The van der Waals surface area contributed by atoms with Crippen LogP contribution in [-0.2, 0) is 16.6 Å². The molecule has 1 aliphatic heterocycles. The highest BCUT2D eigenvalue weighted by Crippen LogP contribution is 2.19. The molecule has 2 atom stereocenters. The Labute approximate surface area is 113 Å². The van der Waals surface area contributed by atoms with Crippen molar-refractivity contribution in [2.75, 3.05) is 20.1 Å². The van der Waals surface area contributed by atoms with E-state index < -0.39 is 22.2 Å². The maximum Gasteiger partial charge on any atom is 0.262 e. The van der Waals surface area contributed by atoms with Crippen LogP contribution in [0, 0.1) is 6.92 Å². The van der Waals surface area contributed by atoms with Crippen LogP contribution in [0.1, 0.15) is 12.7 Å². The molecule has 7 nitrogen and oxygen atoms in total. The molecule has 2 heterocycles. The fourth-order valence-electron chi connectivity index (χ4n) is 2.27. The number of likely N-dealkylation sites (N-methyl/N-ethyl adjacent to an activating group) is 1. The molecule has 1 aromatic rings. The number of aromatic nitrogens is 2. The minimum Gasteiger partial charge on any atom is -0.390 e. The monoisotopic (exact) mass is 288 g/mol. The zero-order valence-corrected chi connectivity index (χ0v) is 12.2. The molecule has 0 bridgehead atoms. The molecular weight excluding hydrogens is 268 g/mol. The van der Waals surface area contributed by atoms with Crippen molar-refractivity contribution in [3.8, 4) is 0 Å². The number of imidazole rings is 1. The number of hydrogen-bond acceptors (Lipinski definition) is 5. The summed E-state index contributed by atoms with van der Waals surface area (Å²) < 4.78 is 27.9. The lowest BCUT2D eigenvalue weighted by atomic mass is 10.2. The standard InChI is InChI=1S/C11H20N4O3S/c1-4-15-7-11(13-8(15)2)19(17,18)14(3)9-5-12-6-10(9)16/h7,9-10,12,16H,4-6H2,1-3H3/t9-,10-/m1/s1. The van der Waals surface area contributed by atoms with Crippen molar-refractivity contribution in [2.24, 2.45) is 0 Å². The zero-order chi connectivity index (χ0) is 14.2. The van der Waals surface area contributed by atoms with Crippen molar-refractivity contribution < 1.29 is 13.5 Å². The van der Waals surface area contributed by atoms with Gasteiger partial charge < -0.3 is 15.0 Å². The molecule has 0 amide bonds. The first-order valence-corrected chi connectivity index (χ1v) is 7.72. The third kappa shape index (κ3) is 2.53. The van der Waals surface area contributed by atoms with Gasteiger partial charge in [-0.25, -0.2) is 13.4 Å². The first-order valence-electron chi connectivity index (χ1n) is 6.28. The third-order valence-electron chi connectivity index (χ3n) is 3.56. The quantitative estimate of drug-likeness (QED) is 0.755. The first-order chi connectivity index (χ1) is 8.87. The van der Waals surface area contributed by atoms with Gasteiger partial charge in [0, 0.05) is 32.9 Å². The van der Waals surface area contributed by atoms with Crippen molar-refractivity contribution in [2.45, 2.75) is 37.6 Å². The molecule has 0 unspecified atom stereocenters. The summed E-state index contributed by atoms with van der Waals surface area (Å²) in [6, 6.07) is -0.447. The lowest BCUT2D eigenvalue weighted by Gasteiger charge is -2.24. The maximum absolute atomic E-state index is 12.5. The Morgan fingerprint density at radius 3 is 2.74 bits per heavy atom. The van der Waals surface area contributed by atoms with Gasteiger partial charge >= 0.3 is 0 Å². The molecule has 1 aliphatic rings. The highest BCUT2D eigenvalue weighted by atomic mass is 32.2. The molecule has 0 radical (unpaired) electrons. The SMILES string of the molecule is CCn1cc(S(=O)(=O)N(C)[C@@H]2CNC[C@H]2O)nc1C. The van der Waals surface area contributed by atoms with E-state index in [-0.39, 0.29) is 5.03 Å². The summed E-state index contributed by atoms with van der Waals surface area (Å²) in [5.74, 6) is 0.666. The average molecular weight is 288 g/mol. The van der Waals surface area contributed by atoms with Crippen LogP contribution in [0.25, 0.3) is 0 Å². The van der Waals surface area contributed by atoms with Gasteiger partial charge in [0.25, 0.3) is 10.0 Å². The Morgan fingerprint density at radius 2 is 2.26 bits per heavy atom. The lowest BCUT2D eigenvalue weighted by Crippen LogP contribution is -2.44. The molecule has 2 rings (SSSR count). The highest BCUT2D eigenvalue weighted by Gasteiger charge is 2.36. The van der Waals surface area contributed by atoms with Crippen LogP contribution in [0.2, 0.25) is 0 Å². The summed E-state index contributed by atoms with van der Waals surface area (Å²) in [6.07, 6.45) is 0.852. The average Bonchev–Trinajstić information content (AvgIpc) is 2.94. The topological polar surface area (TPSA) is 87.5 Å². The Kier molecular flexibility index (Phi) is 3.95. The Hall–Kier alpha value is -0.960. The van der Waals surface area contributed by atoms with Crippen molar-refractivity contribution in [1.29, 1.82) is 0 Å². The molecule has 0 aliphatic carbocycles. The Morgan fingerprint density at radius 1 is 1.58 bits per heavy atom. The molecular formula is C11H20N4O3S. The van der Waals surface area contributed by atoms with Crippen molar-refractivity contribution >= 4 is 10.0 Å². The van der Waals surface area contributed by atoms with Crippen LogP contribution in [0.3, 0.4) is 0 Å². The van der Waals surface area contributed by atoms with Crippen LogP contribution in [0.5, 0.6) is 0 Å². The third-order valence-corrected chi connectivity index (χ3v) is 5.31. The Balaban J connectivity index is 2.30. The van der Waals surface area contributed by atoms with Crippen molar-refractivity contribution in [3.05, 3.63) is 12.0 Å². The van der Waals surface area contributed by atoms with Crippen LogP contribution in [0.4, 0.5) is 0 Å². The zero-order valence-electron chi connectivity index (χ0n) is 11.4. The Bertz CT molecular complexity index is 554. The number of sulfonamides is 1. The van der Waals surface area contributed by atoms with Gasteiger partial charge in [0.15, 0.2) is 5.03 Å². The van der Waals surface area contributed by atoms with E-state index in [0.717, 1.165) is 0 Å². The van der Waals surface area contributed by atoms with E-state index in [1.165, 1.54) is 17.5 Å². The highest BCUT2D eigenvalue weighted by molar-refractivity contribution is 7.89. The molecule has 19 heavy (non-hydrogen) atoms. The van der Waals surface area contributed by atoms with Gasteiger partial charge in [-0.1, -0.05) is 0 Å². The predicted molar refractivity (Wildman–Crippen MR) is 70.3 cm³/mol. The summed E-state index contributed by atoms with van der Waals surface area (Å²) >= 11 is 0. The van der Waals surface area contributed by atoms with E-state index in [2.05, 4.69) is 10.3 Å². The summed E-state index contributed by atoms with van der Waals surface area (Å²) in [5.41, 5.74) is 0. The molecule has 2 N–H and O–H groups in total. The second kappa shape index (κ2) is 5.20. The van der Waals surface area contributed by atoms with Gasteiger partial charge in [-0.05, 0) is 13.8 Å². The molecule has 0 saturated carbocycles. The predicted octanol–water partition coefficient (Wildman–Crippen LogP) is -0.835. The lowest BCUT2D eigenvalue weighted by molar-refractivity contribution is 0.136. The number of rotatable bonds is 4. The van der Waals surface area contributed by atoms with Gasteiger partial charge in [0.2, 0.25) is 0 Å². The normalized spacial score (nSPS) is 24.3. The van der Waals surface area contributed by atoms with E-state index in [9.17, 15) is 13.5 Å². The van der Waals surface area contributed by atoms with Gasteiger partial charge in [-0.3, -0.25) is 0 Å². The van der Waals surface area contributed by atoms with Crippen LogP contribution >= 0.6 is 0 Å². The molecule has 1 aromatic heterocycles. The largest absolute Gasteiger partial charge is 0.390 e. The van der Waals surface area contributed by atoms with E-state index >= 15 is 0 Å². The number of aliphatic hydroxyl groups is 1. The summed E-state index contributed by atoms with van der Waals surface area (Å²) in [7, 11) is -2.18. The summed E-state index contributed by atoms with van der Waals surface area (Å²) in [4.78, 5) is 4.10. The van der Waals surface area contributed by atoms with Crippen molar-refractivity contribution in [1.82, 2.24) is 19.2 Å². The van der Waals surface area contributed by atoms with Crippen LogP contribution < -0.4 is 5.32 Å². The fourth-order valence-corrected chi connectivity index (χ4v) is 3.65. The molecule has 8 heteroatoms. The van der Waals surface area contributed by atoms with E-state index in [1.807, 2.05) is 6.92 Å². The summed E-state index contributed by atoms with van der Waals surface area (Å²) in [6.45, 7) is 5.23. The minimum atomic E-state index is -3.67. The molecule has 108 valence electrons. The fraction of sp³-hybridized carbons (Fsp3) is 0.727.